The Morgan fingerprint density at radius 2 is 0.381 bits per heavy atom. The molecule has 25 N–H and O–H groups in total. The van der Waals surface area contributed by atoms with Gasteiger partial charge in [0.05, 0.1) is 138 Å². The van der Waals surface area contributed by atoms with Gasteiger partial charge in [-0.05, 0) is 0 Å². The van der Waals surface area contributed by atoms with Gasteiger partial charge < -0.3 is 124 Å². The van der Waals surface area contributed by atoms with E-state index in [9.17, 15) is 51.8 Å². The number of aromatic amines is 11. The number of nitrogens with two attached hydrogens (primary N) is 1. The van der Waals surface area contributed by atoms with Crippen LogP contribution < -0.4 is 58.9 Å². The largest absolute Gasteiger partial charge is 0.490 e. The third kappa shape index (κ3) is 26.1. The summed E-state index contributed by atoms with van der Waals surface area (Å²) >= 11 is 0. The van der Waals surface area contributed by atoms with Crippen molar-refractivity contribution in [3.05, 3.63) is 200 Å². The third-order valence-corrected chi connectivity index (χ3v) is 17.6. The topological polar surface area (TPSA) is 707 Å². The van der Waals surface area contributed by atoms with Crippen molar-refractivity contribution < 1.29 is 80.9 Å². The summed E-state index contributed by atoms with van der Waals surface area (Å²) < 4.78 is 31.7. The van der Waals surface area contributed by atoms with Gasteiger partial charge in [-0.2, -0.15) is 13.2 Å². The van der Waals surface area contributed by atoms with Gasteiger partial charge in [0.1, 0.15) is 60.4 Å². The maximum Gasteiger partial charge on any atom is 0.490 e. The number of H-pyrrole nitrogens is 11. The lowest BCUT2D eigenvalue weighted by molar-refractivity contribution is -0.192. The average Bonchev–Trinajstić information content (AvgIpc) is 1.28. The fourth-order valence-corrected chi connectivity index (χ4v) is 11.7. The Labute approximate surface area is 661 Å². The number of amides is 10. The van der Waals surface area contributed by atoms with Crippen LogP contribution in [-0.4, -0.2) is 264 Å². The van der Waals surface area contributed by atoms with E-state index in [4.69, 9.17) is 15.6 Å². The van der Waals surface area contributed by atoms with E-state index in [1.807, 2.05) is 0 Å². The Morgan fingerprint density at radius 3 is 0.508 bits per heavy atom. The fraction of sp³-hybridized carbons (Fsp3) is 0.338. The second-order valence-electron chi connectivity index (χ2n) is 26.3. The van der Waals surface area contributed by atoms with Crippen LogP contribution in [0.2, 0.25) is 0 Å². The highest BCUT2D eigenvalue weighted by Gasteiger charge is 2.40. The molecule has 47 nitrogen and oxygen atoms in total. The number of carbonyl (C=O) groups is 12. The second kappa shape index (κ2) is 41.5. The van der Waals surface area contributed by atoms with Crippen LogP contribution in [0, 0.1) is 0 Å². The number of nitrogens with zero attached hydrogens (tertiary/aromatic N) is 11. The predicted octanol–water partition coefficient (Wildman–Crippen LogP) is -5.50. The molecule has 10 amide bonds. The number of nitrogens with one attached hydrogen (secondary N) is 21. The zero-order valence-corrected chi connectivity index (χ0v) is 61.8. The van der Waals surface area contributed by atoms with E-state index >= 15 is 19.2 Å². The van der Waals surface area contributed by atoms with E-state index in [1.54, 1.807) is 6.20 Å². The number of hydrogen-bond acceptors (Lipinski definition) is 24. The van der Waals surface area contributed by atoms with Gasteiger partial charge in [-0.1, -0.05) is 0 Å². The van der Waals surface area contributed by atoms with E-state index in [1.165, 1.54) is 132 Å². The fourth-order valence-electron chi connectivity index (χ4n) is 11.7. The van der Waals surface area contributed by atoms with Crippen LogP contribution in [0.15, 0.2) is 138 Å². The summed E-state index contributed by atoms with van der Waals surface area (Å²) in [5, 5.41) is 44.0. The van der Waals surface area contributed by atoms with Crippen molar-refractivity contribution in [1.82, 2.24) is 163 Å². The minimum Gasteiger partial charge on any atom is -0.480 e. The number of hydrogen-bond donors (Lipinski definition) is 24. The number of carboxylic acids is 2. The molecular weight excluding hydrogens is 1560 g/mol. The lowest BCUT2D eigenvalue weighted by atomic mass is 10.0. The van der Waals surface area contributed by atoms with E-state index in [0.717, 1.165) is 0 Å². The first-order chi connectivity index (χ1) is 56.7. The predicted molar refractivity (Wildman–Crippen MR) is 394 cm³/mol. The van der Waals surface area contributed by atoms with E-state index in [2.05, 4.69) is 163 Å². The Balaban J connectivity index is 0.00000200. The Hall–Kier alpha value is -15.3. The molecule has 0 aromatic carbocycles. The number of imidazole rings is 11. The molecule has 0 radical (unpaired) electrons. The molecule has 11 rings (SSSR count). The molecule has 622 valence electrons. The van der Waals surface area contributed by atoms with Crippen molar-refractivity contribution in [2.45, 2.75) is 143 Å². The minimum atomic E-state index is -5.08. The molecule has 50 heteroatoms. The molecule has 0 saturated heterocycles. The van der Waals surface area contributed by atoms with Crippen molar-refractivity contribution in [3.63, 3.8) is 0 Å². The molecule has 0 aliphatic heterocycles. The van der Waals surface area contributed by atoms with Crippen LogP contribution in [0.1, 0.15) is 62.6 Å². The highest BCUT2D eigenvalue weighted by Crippen LogP contribution is 2.15. The molecule has 0 aliphatic rings. The van der Waals surface area contributed by atoms with Crippen molar-refractivity contribution in [3.8, 4) is 0 Å². The molecule has 0 fully saturated rings. The Kier molecular flexibility index (Phi) is 29.9. The number of aliphatic carboxylic acids is 2. The second-order valence-corrected chi connectivity index (χ2v) is 26.3. The molecule has 118 heavy (non-hydrogen) atoms. The minimum absolute atomic E-state index is 0.0141. The van der Waals surface area contributed by atoms with Gasteiger partial charge in [0.2, 0.25) is 59.1 Å². The first-order valence-electron chi connectivity index (χ1n) is 35.8. The smallest absolute Gasteiger partial charge is 0.480 e. The summed E-state index contributed by atoms with van der Waals surface area (Å²) in [5.74, 6) is -13.4. The van der Waals surface area contributed by atoms with Crippen LogP contribution in [-0.2, 0) is 128 Å². The molecule has 11 aromatic heterocycles. The Morgan fingerprint density at radius 1 is 0.254 bits per heavy atom. The average molecular weight is 1640 g/mol. The van der Waals surface area contributed by atoms with Gasteiger partial charge in [0.25, 0.3) is 0 Å². The van der Waals surface area contributed by atoms with Gasteiger partial charge in [-0.3, -0.25) is 47.9 Å². The van der Waals surface area contributed by atoms with E-state index in [0.29, 0.717) is 28.5 Å². The maximum atomic E-state index is 15.2. The highest BCUT2D eigenvalue weighted by molar-refractivity contribution is 5.99. The third-order valence-electron chi connectivity index (χ3n) is 17.6. The summed E-state index contributed by atoms with van der Waals surface area (Å²) in [7, 11) is 0. The lowest BCUT2D eigenvalue weighted by Crippen LogP contribution is -2.62. The summed E-state index contributed by atoms with van der Waals surface area (Å²) in [6, 6.07) is -16.6. The molecular formula is C68H80F3N33O14. The molecule has 0 spiro atoms. The first-order valence-corrected chi connectivity index (χ1v) is 35.8. The number of carboxylic acid groups (broad SMARTS) is 2. The van der Waals surface area contributed by atoms with Gasteiger partial charge >= 0.3 is 18.1 Å². The molecule has 11 heterocycles. The summed E-state index contributed by atoms with van der Waals surface area (Å²) in [6.07, 6.45) is 23.1. The van der Waals surface area contributed by atoms with Gasteiger partial charge in [0, 0.05) is 139 Å². The maximum absolute atomic E-state index is 15.2. The SMILES string of the molecule is N[C@@H](Cc1c[nH]cn1)C(=O)N[C@@H](Cc1c[nH]cn1)C(=O)N[C@@H](Cc1c[nH]cn1)C(=O)N[C@@H](Cc1c[nH]cn1)C(=O)N[C@@H](Cc1c[nH]cn1)C(=O)N[C@@H](Cc1c[nH]cn1)C(=O)N[C@@H](Cc1c[nH]cn1)C(=O)N[C@@H](Cc1c[nH]cn1)C(=O)N[C@@H](Cc1c[nH]cn1)C(=O)N[C@@H](Cc1c[nH]cn1)C(=O)N[C@@H](Cc1c[nH]cn1)C(=O)O.O=C(O)C(F)(F)F. The van der Waals surface area contributed by atoms with Crippen molar-refractivity contribution >= 4 is 71.0 Å². The summed E-state index contributed by atoms with van der Waals surface area (Å²) in [6.45, 7) is 0. The number of carbonyl (C=O) groups excluding carboxylic acids is 10. The molecule has 11 atom stereocenters. The lowest BCUT2D eigenvalue weighted by Gasteiger charge is -2.28. The number of rotatable bonds is 43. The molecule has 0 saturated carbocycles. The number of halogens is 3. The number of alkyl halides is 3. The van der Waals surface area contributed by atoms with E-state index in [-0.39, 0.29) is 105 Å². The van der Waals surface area contributed by atoms with Crippen LogP contribution in [0.5, 0.6) is 0 Å². The Bertz CT molecular complexity index is 4950. The summed E-state index contributed by atoms with van der Waals surface area (Å²) in [4.78, 5) is 246. The molecule has 0 unspecified atom stereocenters. The monoisotopic (exact) mass is 1640 g/mol. The van der Waals surface area contributed by atoms with Crippen LogP contribution >= 0.6 is 0 Å². The van der Waals surface area contributed by atoms with E-state index < -0.39 is 144 Å². The zero-order valence-electron chi connectivity index (χ0n) is 61.8. The van der Waals surface area contributed by atoms with Crippen LogP contribution in [0.3, 0.4) is 0 Å². The van der Waals surface area contributed by atoms with Crippen molar-refractivity contribution in [2.75, 3.05) is 0 Å². The standard InChI is InChI=1S/C66H79N33O12.C2HF3O2/c67-45(1-34-12-68-23-79-34)56(100)90-46(2-35-13-69-24-80-35)57(101)91-47(3-36-14-70-25-81-36)58(102)92-48(4-37-15-71-26-82-37)59(103)93-49(5-38-16-72-27-83-38)60(104)94-50(6-39-17-73-28-84-39)61(105)95-51(7-40-18-74-29-85-40)62(106)96-52(8-41-19-75-30-86-41)63(107)97-53(9-42-20-76-31-87-42)64(108)98-54(10-43-21-77-32-88-43)65(109)99-55(66(110)111)11-44-22-78-33-89-44;3-2(4,5)1(6)7/h12-33,45-55H,1-11,67H2,(H,68,79)(H,69,80)(H,70,81)(H,71,82)(H,72,83)(H,73,84)(H,74,85)(H,75,86)(H,76,87)(H,77,88)(H,78,89)(H,90,100)(H,91,101)(H,92,102)(H,93,103)(H,94,104)(H,95,105)(H,96,106)(H,97,107)(H,98,108)(H,99,109)(H,110,111);(H,6,7)/t45-,46-,47-,48-,49-,50-,51-,52-,53-,54-,55-;/m0./s1. The van der Waals surface area contributed by atoms with Crippen LogP contribution in [0.25, 0.3) is 0 Å². The highest BCUT2D eigenvalue weighted by atomic mass is 19.4. The summed E-state index contributed by atoms with van der Waals surface area (Å²) in [5.41, 5.74) is 9.57. The van der Waals surface area contributed by atoms with Crippen molar-refractivity contribution in [1.29, 1.82) is 0 Å². The molecule has 0 bridgehead atoms. The molecule has 0 aliphatic carbocycles. The van der Waals surface area contributed by atoms with Gasteiger partial charge in [0.15, 0.2) is 0 Å². The van der Waals surface area contributed by atoms with Gasteiger partial charge in [-0.15, -0.1) is 0 Å². The van der Waals surface area contributed by atoms with Crippen molar-refractivity contribution in [2.24, 2.45) is 5.73 Å². The van der Waals surface area contributed by atoms with Gasteiger partial charge in [-0.25, -0.2) is 64.4 Å². The number of aromatic nitrogens is 22. The van der Waals surface area contributed by atoms with Crippen LogP contribution in [0.4, 0.5) is 13.2 Å². The normalized spacial score (nSPS) is 14.1. The molecule has 11 aromatic rings. The zero-order chi connectivity index (χ0) is 84.1. The first kappa shape index (κ1) is 85.1. The quantitative estimate of drug-likeness (QED) is 0.0170.